The lowest BCUT2D eigenvalue weighted by atomic mass is 10.3. The summed E-state index contributed by atoms with van der Waals surface area (Å²) >= 11 is 0. The SMILES string of the molecule is CNCc1nnc(NCC2COCCO2)o1. The van der Waals surface area contributed by atoms with Crippen LogP contribution in [0.3, 0.4) is 0 Å². The van der Waals surface area contributed by atoms with Crippen molar-refractivity contribution in [1.29, 1.82) is 0 Å². The van der Waals surface area contributed by atoms with Gasteiger partial charge in [0.15, 0.2) is 0 Å². The molecule has 0 spiro atoms. The molecular formula is C9H16N4O3. The second-order valence-corrected chi connectivity index (χ2v) is 3.48. The monoisotopic (exact) mass is 228 g/mol. The summed E-state index contributed by atoms with van der Waals surface area (Å²) < 4.78 is 16.1. The number of ether oxygens (including phenoxy) is 2. The Bertz CT molecular complexity index is 311. The van der Waals surface area contributed by atoms with E-state index in [4.69, 9.17) is 13.9 Å². The lowest BCUT2D eigenvalue weighted by Crippen LogP contribution is -2.34. The first-order valence-corrected chi connectivity index (χ1v) is 5.28. The number of hydrogen-bond acceptors (Lipinski definition) is 7. The number of hydrogen-bond donors (Lipinski definition) is 2. The van der Waals surface area contributed by atoms with E-state index in [1.165, 1.54) is 0 Å². The van der Waals surface area contributed by atoms with E-state index in [1.807, 2.05) is 7.05 Å². The summed E-state index contributed by atoms with van der Waals surface area (Å²) in [5.41, 5.74) is 0. The molecule has 1 aromatic heterocycles. The first kappa shape index (κ1) is 11.3. The topological polar surface area (TPSA) is 81.4 Å². The van der Waals surface area contributed by atoms with Gasteiger partial charge in [0.05, 0.1) is 32.5 Å². The molecule has 2 heterocycles. The van der Waals surface area contributed by atoms with E-state index >= 15 is 0 Å². The highest BCUT2D eigenvalue weighted by atomic mass is 16.6. The van der Waals surface area contributed by atoms with Crippen LogP contribution in [0.15, 0.2) is 4.42 Å². The van der Waals surface area contributed by atoms with Crippen LogP contribution in [0.4, 0.5) is 6.01 Å². The summed E-state index contributed by atoms with van der Waals surface area (Å²) in [7, 11) is 1.82. The lowest BCUT2D eigenvalue weighted by Gasteiger charge is -2.22. The standard InChI is InChI=1S/C9H16N4O3/c1-10-5-8-12-13-9(16-8)11-4-7-6-14-2-3-15-7/h7,10H,2-6H2,1H3,(H,11,13). The van der Waals surface area contributed by atoms with E-state index in [1.54, 1.807) is 0 Å². The lowest BCUT2D eigenvalue weighted by molar-refractivity contribution is -0.0820. The summed E-state index contributed by atoms with van der Waals surface area (Å²) in [6.45, 7) is 3.09. The molecule has 0 amide bonds. The Morgan fingerprint density at radius 2 is 2.31 bits per heavy atom. The molecule has 1 aliphatic heterocycles. The van der Waals surface area contributed by atoms with Crippen molar-refractivity contribution in [3.63, 3.8) is 0 Å². The van der Waals surface area contributed by atoms with Gasteiger partial charge in [-0.15, -0.1) is 5.10 Å². The van der Waals surface area contributed by atoms with Crippen molar-refractivity contribution in [2.24, 2.45) is 0 Å². The van der Waals surface area contributed by atoms with Crippen LogP contribution in [0.2, 0.25) is 0 Å². The molecule has 0 radical (unpaired) electrons. The van der Waals surface area contributed by atoms with Gasteiger partial charge in [0, 0.05) is 6.54 Å². The van der Waals surface area contributed by atoms with E-state index in [2.05, 4.69) is 20.8 Å². The van der Waals surface area contributed by atoms with E-state index < -0.39 is 0 Å². The maximum absolute atomic E-state index is 5.46. The van der Waals surface area contributed by atoms with Crippen LogP contribution in [0.1, 0.15) is 5.89 Å². The van der Waals surface area contributed by atoms with Crippen molar-refractivity contribution in [1.82, 2.24) is 15.5 Å². The van der Waals surface area contributed by atoms with Gasteiger partial charge in [-0.3, -0.25) is 0 Å². The predicted molar refractivity (Wildman–Crippen MR) is 56.1 cm³/mol. The number of anilines is 1. The average Bonchev–Trinajstić information content (AvgIpc) is 2.76. The molecule has 7 heteroatoms. The Morgan fingerprint density at radius 1 is 1.38 bits per heavy atom. The van der Waals surface area contributed by atoms with Gasteiger partial charge in [-0.05, 0) is 7.05 Å². The number of rotatable bonds is 5. The van der Waals surface area contributed by atoms with E-state index in [0.29, 0.717) is 44.8 Å². The van der Waals surface area contributed by atoms with E-state index in [9.17, 15) is 0 Å². The highest BCUT2D eigenvalue weighted by Gasteiger charge is 2.15. The maximum atomic E-state index is 5.46. The fourth-order valence-corrected chi connectivity index (χ4v) is 1.40. The van der Waals surface area contributed by atoms with Crippen LogP contribution in [0, 0.1) is 0 Å². The summed E-state index contributed by atoms with van der Waals surface area (Å²) in [5, 5.41) is 13.7. The molecule has 7 nitrogen and oxygen atoms in total. The van der Waals surface area contributed by atoms with Gasteiger partial charge < -0.3 is 24.5 Å². The van der Waals surface area contributed by atoms with E-state index in [0.717, 1.165) is 0 Å². The highest BCUT2D eigenvalue weighted by Crippen LogP contribution is 2.07. The molecule has 1 unspecified atom stereocenters. The molecule has 0 bridgehead atoms. The van der Waals surface area contributed by atoms with Crippen LogP contribution >= 0.6 is 0 Å². The van der Waals surface area contributed by atoms with Gasteiger partial charge in [-0.25, -0.2) is 0 Å². The molecule has 16 heavy (non-hydrogen) atoms. The van der Waals surface area contributed by atoms with Crippen molar-refractivity contribution in [3.05, 3.63) is 5.89 Å². The average molecular weight is 228 g/mol. The fraction of sp³-hybridized carbons (Fsp3) is 0.778. The molecular weight excluding hydrogens is 212 g/mol. The molecule has 2 rings (SSSR count). The summed E-state index contributed by atoms with van der Waals surface area (Å²) in [6, 6.07) is 0.416. The zero-order chi connectivity index (χ0) is 11.2. The fourth-order valence-electron chi connectivity index (χ4n) is 1.40. The number of nitrogens with one attached hydrogen (secondary N) is 2. The van der Waals surface area contributed by atoms with Gasteiger partial charge in [-0.1, -0.05) is 5.10 Å². The quantitative estimate of drug-likeness (QED) is 0.710. The van der Waals surface area contributed by atoms with Gasteiger partial charge in [0.2, 0.25) is 5.89 Å². The Hall–Kier alpha value is -1.18. The minimum Gasteiger partial charge on any atom is -0.407 e. The Labute approximate surface area is 93.5 Å². The van der Waals surface area contributed by atoms with Gasteiger partial charge >= 0.3 is 6.01 Å². The molecule has 1 aromatic rings. The smallest absolute Gasteiger partial charge is 0.315 e. The molecule has 90 valence electrons. The van der Waals surface area contributed by atoms with Crippen molar-refractivity contribution >= 4 is 6.01 Å². The van der Waals surface area contributed by atoms with E-state index in [-0.39, 0.29) is 6.10 Å². The minimum atomic E-state index is 0.0494. The first-order valence-electron chi connectivity index (χ1n) is 5.28. The Morgan fingerprint density at radius 3 is 3.06 bits per heavy atom. The second kappa shape index (κ2) is 5.78. The zero-order valence-corrected chi connectivity index (χ0v) is 9.23. The Kier molecular flexibility index (Phi) is 4.09. The van der Waals surface area contributed by atoms with Crippen LogP contribution in [0.25, 0.3) is 0 Å². The third kappa shape index (κ3) is 3.16. The third-order valence-corrected chi connectivity index (χ3v) is 2.16. The molecule has 2 N–H and O–H groups in total. The van der Waals surface area contributed by atoms with Crippen molar-refractivity contribution < 1.29 is 13.9 Å². The van der Waals surface area contributed by atoms with Crippen LogP contribution in [-0.2, 0) is 16.0 Å². The van der Waals surface area contributed by atoms with Gasteiger partial charge in [0.25, 0.3) is 0 Å². The van der Waals surface area contributed by atoms with Gasteiger partial charge in [-0.2, -0.15) is 0 Å². The predicted octanol–water partition coefficient (Wildman–Crippen LogP) is -0.384. The van der Waals surface area contributed by atoms with Crippen molar-refractivity contribution in [2.45, 2.75) is 12.6 Å². The second-order valence-electron chi connectivity index (χ2n) is 3.48. The third-order valence-electron chi connectivity index (χ3n) is 2.16. The highest BCUT2D eigenvalue weighted by molar-refractivity contribution is 5.17. The zero-order valence-electron chi connectivity index (χ0n) is 9.23. The molecule has 0 aliphatic carbocycles. The minimum absolute atomic E-state index is 0.0494. The van der Waals surface area contributed by atoms with Gasteiger partial charge in [0.1, 0.15) is 0 Å². The number of aromatic nitrogens is 2. The molecule has 0 saturated carbocycles. The Balaban J connectivity index is 1.75. The number of nitrogens with zero attached hydrogens (tertiary/aromatic N) is 2. The summed E-state index contributed by atoms with van der Waals surface area (Å²) in [4.78, 5) is 0. The van der Waals surface area contributed by atoms with Crippen LogP contribution in [-0.4, -0.2) is 49.7 Å². The van der Waals surface area contributed by atoms with Crippen molar-refractivity contribution in [2.75, 3.05) is 38.7 Å². The molecule has 1 atom stereocenters. The van der Waals surface area contributed by atoms with Crippen LogP contribution in [0.5, 0.6) is 0 Å². The molecule has 1 saturated heterocycles. The molecule has 1 fully saturated rings. The summed E-state index contributed by atoms with van der Waals surface area (Å²) in [5.74, 6) is 0.561. The van der Waals surface area contributed by atoms with Crippen molar-refractivity contribution in [3.8, 4) is 0 Å². The maximum Gasteiger partial charge on any atom is 0.315 e. The first-order chi connectivity index (χ1) is 7.88. The summed E-state index contributed by atoms with van der Waals surface area (Å²) in [6.07, 6.45) is 0.0494. The molecule has 0 aromatic carbocycles. The van der Waals surface area contributed by atoms with Crippen LogP contribution < -0.4 is 10.6 Å². The molecule has 1 aliphatic rings. The normalized spacial score (nSPS) is 20.9. The largest absolute Gasteiger partial charge is 0.407 e.